The molecule has 1 aromatic carbocycles. The van der Waals surface area contributed by atoms with E-state index < -0.39 is 0 Å². The molecule has 0 N–H and O–H groups in total. The summed E-state index contributed by atoms with van der Waals surface area (Å²) >= 11 is 0. The van der Waals surface area contributed by atoms with Crippen molar-refractivity contribution in [1.29, 1.82) is 0 Å². The quantitative estimate of drug-likeness (QED) is 0.640. The Morgan fingerprint density at radius 3 is 2.71 bits per heavy atom. The van der Waals surface area contributed by atoms with Crippen molar-refractivity contribution < 1.29 is 4.74 Å². The Bertz CT molecular complexity index is 897. The number of nitrogens with zero attached hydrogens (tertiary/aromatic N) is 3. The van der Waals surface area contributed by atoms with Gasteiger partial charge in [0.15, 0.2) is 0 Å². The largest absolute Gasteiger partial charge is 0.496 e. The minimum absolute atomic E-state index is 0.482. The molecule has 0 aliphatic carbocycles. The number of benzene rings is 1. The Morgan fingerprint density at radius 1 is 1.00 bits per heavy atom. The molecule has 144 valence electrons. The van der Waals surface area contributed by atoms with E-state index in [1.807, 2.05) is 24.4 Å². The van der Waals surface area contributed by atoms with E-state index >= 15 is 0 Å². The van der Waals surface area contributed by atoms with Crippen molar-refractivity contribution in [2.45, 2.75) is 31.7 Å². The van der Waals surface area contributed by atoms with Crippen LogP contribution in [0, 0.1) is 0 Å². The lowest BCUT2D eigenvalue weighted by molar-refractivity contribution is 0.196. The van der Waals surface area contributed by atoms with Gasteiger partial charge in [0.25, 0.3) is 0 Å². The van der Waals surface area contributed by atoms with Gasteiger partial charge in [0, 0.05) is 48.6 Å². The lowest BCUT2D eigenvalue weighted by atomic mass is 9.93. The molecule has 0 radical (unpaired) electrons. The highest BCUT2D eigenvalue weighted by Crippen LogP contribution is 2.27. The van der Waals surface area contributed by atoms with Gasteiger partial charge in [0.1, 0.15) is 5.75 Å². The summed E-state index contributed by atoms with van der Waals surface area (Å²) in [4.78, 5) is 12.0. The van der Waals surface area contributed by atoms with Gasteiger partial charge in [-0.05, 0) is 49.7 Å². The zero-order valence-electron chi connectivity index (χ0n) is 16.4. The molecule has 4 heteroatoms. The van der Waals surface area contributed by atoms with E-state index in [9.17, 15) is 0 Å². The molecule has 1 atom stereocenters. The number of hydrogen-bond acceptors (Lipinski definition) is 4. The SMILES string of the molecule is COc1ccccc1Cc1cccc([C@H]2CCCN(Cc3ccccn3)C2)n1. The van der Waals surface area contributed by atoms with Gasteiger partial charge in [0.05, 0.1) is 12.8 Å². The molecule has 3 heterocycles. The third-order valence-electron chi connectivity index (χ3n) is 5.43. The van der Waals surface area contributed by atoms with Crippen LogP contribution in [-0.4, -0.2) is 35.1 Å². The summed E-state index contributed by atoms with van der Waals surface area (Å²) < 4.78 is 5.49. The predicted molar refractivity (Wildman–Crippen MR) is 112 cm³/mol. The number of ether oxygens (including phenoxy) is 1. The summed E-state index contributed by atoms with van der Waals surface area (Å²) in [6, 6.07) is 20.8. The van der Waals surface area contributed by atoms with Gasteiger partial charge in [-0.1, -0.05) is 30.3 Å². The maximum Gasteiger partial charge on any atom is 0.122 e. The van der Waals surface area contributed by atoms with Crippen molar-refractivity contribution in [2.24, 2.45) is 0 Å². The van der Waals surface area contributed by atoms with Crippen LogP contribution in [0.15, 0.2) is 66.9 Å². The number of methoxy groups -OCH3 is 1. The highest BCUT2D eigenvalue weighted by molar-refractivity contribution is 5.36. The fourth-order valence-corrected chi connectivity index (χ4v) is 4.03. The van der Waals surface area contributed by atoms with Crippen molar-refractivity contribution in [1.82, 2.24) is 14.9 Å². The Kier molecular flexibility index (Phi) is 5.98. The van der Waals surface area contributed by atoms with E-state index in [1.54, 1.807) is 7.11 Å². The van der Waals surface area contributed by atoms with E-state index in [1.165, 1.54) is 24.1 Å². The maximum atomic E-state index is 5.49. The summed E-state index contributed by atoms with van der Waals surface area (Å²) in [5, 5.41) is 0. The van der Waals surface area contributed by atoms with E-state index in [2.05, 4.69) is 52.3 Å². The molecule has 3 aromatic rings. The Balaban J connectivity index is 1.46. The van der Waals surface area contributed by atoms with Crippen molar-refractivity contribution in [3.8, 4) is 5.75 Å². The summed E-state index contributed by atoms with van der Waals surface area (Å²) in [6.45, 7) is 3.09. The molecule has 0 saturated carbocycles. The fourth-order valence-electron chi connectivity index (χ4n) is 4.03. The van der Waals surface area contributed by atoms with E-state index in [0.717, 1.165) is 43.2 Å². The molecule has 1 aliphatic heterocycles. The molecule has 28 heavy (non-hydrogen) atoms. The van der Waals surface area contributed by atoms with Gasteiger partial charge in [-0.25, -0.2) is 0 Å². The number of likely N-dealkylation sites (tertiary alicyclic amines) is 1. The molecule has 0 amide bonds. The van der Waals surface area contributed by atoms with Crippen LogP contribution in [0.25, 0.3) is 0 Å². The topological polar surface area (TPSA) is 38.2 Å². The molecule has 1 saturated heterocycles. The number of rotatable bonds is 6. The molecule has 4 rings (SSSR count). The standard InChI is InChI=1S/C24H27N3O/c1-28-24-13-3-2-8-19(24)16-21-11-6-12-23(26-21)20-9-7-15-27(17-20)18-22-10-4-5-14-25-22/h2-6,8,10-14,20H,7,9,15-18H2,1H3/t20-/m0/s1. The minimum atomic E-state index is 0.482. The number of piperidine rings is 1. The van der Waals surface area contributed by atoms with Crippen LogP contribution in [0.1, 0.15) is 41.4 Å². The normalized spacial score (nSPS) is 17.4. The first-order chi connectivity index (χ1) is 13.8. The second-order valence-corrected chi connectivity index (χ2v) is 7.44. The smallest absolute Gasteiger partial charge is 0.122 e. The monoisotopic (exact) mass is 373 g/mol. The zero-order chi connectivity index (χ0) is 19.2. The van der Waals surface area contributed by atoms with Crippen molar-refractivity contribution >= 4 is 0 Å². The van der Waals surface area contributed by atoms with Crippen molar-refractivity contribution in [3.63, 3.8) is 0 Å². The Labute approximate surface area is 167 Å². The average Bonchev–Trinajstić information content (AvgIpc) is 2.75. The summed E-state index contributed by atoms with van der Waals surface area (Å²) in [7, 11) is 1.72. The molecule has 0 unspecified atom stereocenters. The molecular formula is C24H27N3O. The fraction of sp³-hybridized carbons (Fsp3) is 0.333. The van der Waals surface area contributed by atoms with E-state index in [4.69, 9.17) is 9.72 Å². The molecular weight excluding hydrogens is 346 g/mol. The Morgan fingerprint density at radius 2 is 1.86 bits per heavy atom. The second kappa shape index (κ2) is 8.98. The molecule has 2 aromatic heterocycles. The Hall–Kier alpha value is -2.72. The van der Waals surface area contributed by atoms with Crippen LogP contribution in [0.2, 0.25) is 0 Å². The first-order valence-corrected chi connectivity index (χ1v) is 10.0. The van der Waals surface area contributed by atoms with Crippen LogP contribution in [0.5, 0.6) is 5.75 Å². The predicted octanol–water partition coefficient (Wildman–Crippen LogP) is 4.46. The van der Waals surface area contributed by atoms with Gasteiger partial charge in [-0.3, -0.25) is 14.9 Å². The first-order valence-electron chi connectivity index (χ1n) is 10.0. The summed E-state index contributed by atoms with van der Waals surface area (Å²) in [5.74, 6) is 1.41. The van der Waals surface area contributed by atoms with Gasteiger partial charge in [0.2, 0.25) is 0 Å². The zero-order valence-corrected chi connectivity index (χ0v) is 16.4. The number of para-hydroxylation sites is 1. The third kappa shape index (κ3) is 4.57. The van der Waals surface area contributed by atoms with Crippen LogP contribution >= 0.6 is 0 Å². The van der Waals surface area contributed by atoms with Crippen molar-refractivity contribution in [2.75, 3.05) is 20.2 Å². The minimum Gasteiger partial charge on any atom is -0.496 e. The molecule has 1 fully saturated rings. The van der Waals surface area contributed by atoms with E-state index in [0.29, 0.717) is 5.92 Å². The molecule has 0 spiro atoms. The third-order valence-corrected chi connectivity index (χ3v) is 5.43. The molecule has 1 aliphatic rings. The first kappa shape index (κ1) is 18.6. The van der Waals surface area contributed by atoms with Gasteiger partial charge < -0.3 is 4.74 Å². The van der Waals surface area contributed by atoms with Crippen LogP contribution in [0.3, 0.4) is 0 Å². The summed E-state index contributed by atoms with van der Waals surface area (Å²) in [6.07, 6.45) is 5.07. The highest BCUT2D eigenvalue weighted by atomic mass is 16.5. The maximum absolute atomic E-state index is 5.49. The second-order valence-electron chi connectivity index (χ2n) is 7.44. The van der Waals surface area contributed by atoms with E-state index in [-0.39, 0.29) is 0 Å². The highest BCUT2D eigenvalue weighted by Gasteiger charge is 2.23. The lowest BCUT2D eigenvalue weighted by Gasteiger charge is -2.32. The number of hydrogen-bond donors (Lipinski definition) is 0. The molecule has 0 bridgehead atoms. The average molecular weight is 374 g/mol. The van der Waals surface area contributed by atoms with Crippen LogP contribution < -0.4 is 4.74 Å². The van der Waals surface area contributed by atoms with Crippen molar-refractivity contribution in [3.05, 3.63) is 89.5 Å². The summed E-state index contributed by atoms with van der Waals surface area (Å²) in [5.41, 5.74) is 4.62. The van der Waals surface area contributed by atoms with Crippen LogP contribution in [-0.2, 0) is 13.0 Å². The van der Waals surface area contributed by atoms with Gasteiger partial charge in [-0.15, -0.1) is 0 Å². The number of aromatic nitrogens is 2. The molecule has 4 nitrogen and oxygen atoms in total. The number of pyridine rings is 2. The van der Waals surface area contributed by atoms with Gasteiger partial charge >= 0.3 is 0 Å². The van der Waals surface area contributed by atoms with Crippen LogP contribution in [0.4, 0.5) is 0 Å². The lowest BCUT2D eigenvalue weighted by Crippen LogP contribution is -2.34. The van der Waals surface area contributed by atoms with Gasteiger partial charge in [-0.2, -0.15) is 0 Å².